The van der Waals surface area contributed by atoms with Crippen molar-refractivity contribution in [2.45, 2.75) is 72.1 Å². The highest BCUT2D eigenvalue weighted by atomic mass is 16.1. The van der Waals surface area contributed by atoms with Crippen LogP contribution in [0.5, 0.6) is 0 Å². The van der Waals surface area contributed by atoms with Crippen LogP contribution in [0, 0.1) is 0 Å². The van der Waals surface area contributed by atoms with Crippen molar-refractivity contribution in [2.24, 2.45) is 0 Å². The Labute approximate surface area is 194 Å². The van der Waals surface area contributed by atoms with Gasteiger partial charge in [0.1, 0.15) is 0 Å². The molecule has 0 radical (unpaired) electrons. The van der Waals surface area contributed by atoms with Gasteiger partial charge in [0.05, 0.1) is 5.69 Å². The molecule has 0 saturated heterocycles. The Hall–Kier alpha value is -2.39. The molecular weight excluding hydrogens is 392 g/mol. The number of benzene rings is 1. The highest BCUT2D eigenvalue weighted by molar-refractivity contribution is 6.09. The third-order valence-corrected chi connectivity index (χ3v) is 6.30. The van der Waals surface area contributed by atoms with Crippen LogP contribution in [0.4, 0.5) is 0 Å². The summed E-state index contributed by atoms with van der Waals surface area (Å²) in [4.78, 5) is 16.1. The van der Waals surface area contributed by atoms with Gasteiger partial charge >= 0.3 is 0 Å². The Morgan fingerprint density at radius 3 is 2.28 bits per heavy atom. The first-order valence-corrected chi connectivity index (χ1v) is 12.6. The molecule has 172 valence electrons. The van der Waals surface area contributed by atoms with Crippen molar-refractivity contribution in [3.05, 3.63) is 77.1 Å². The normalized spacial score (nSPS) is 11.5. The lowest BCUT2D eigenvalue weighted by Crippen LogP contribution is -2.27. The lowest BCUT2D eigenvalue weighted by Gasteiger charge is -2.21. The maximum atomic E-state index is 13.5. The van der Waals surface area contributed by atoms with Gasteiger partial charge in [-0.15, -0.1) is 0 Å². The number of aryl methyl sites for hydroxylation is 2. The zero-order valence-electron chi connectivity index (χ0n) is 20.3. The van der Waals surface area contributed by atoms with Crippen LogP contribution in [-0.4, -0.2) is 34.7 Å². The van der Waals surface area contributed by atoms with Crippen molar-refractivity contribution in [1.82, 2.24) is 9.30 Å². The fraction of sp³-hybridized carbons (Fsp3) is 0.483. The predicted octanol–water partition coefficient (Wildman–Crippen LogP) is 6.96. The lowest BCUT2D eigenvalue weighted by molar-refractivity contribution is 0.103. The summed E-state index contributed by atoms with van der Waals surface area (Å²) in [5, 5.41) is 0. The third-order valence-electron chi connectivity index (χ3n) is 6.30. The summed E-state index contributed by atoms with van der Waals surface area (Å²) in [7, 11) is 0. The van der Waals surface area contributed by atoms with Crippen LogP contribution in [0.25, 0.3) is 5.52 Å². The summed E-state index contributed by atoms with van der Waals surface area (Å²) < 4.78 is 2.06. The zero-order chi connectivity index (χ0) is 22.8. The molecule has 0 atom stereocenters. The first kappa shape index (κ1) is 24.3. The predicted molar refractivity (Wildman–Crippen MR) is 136 cm³/mol. The van der Waals surface area contributed by atoms with Gasteiger partial charge in [-0.1, -0.05) is 63.9 Å². The molecule has 0 unspecified atom stereocenters. The molecule has 2 aromatic heterocycles. The lowest BCUT2D eigenvalue weighted by atomic mass is 10.00. The molecule has 0 bridgehead atoms. The number of hydrogen-bond acceptors (Lipinski definition) is 2. The maximum absolute atomic E-state index is 13.5. The van der Waals surface area contributed by atoms with Gasteiger partial charge in [0, 0.05) is 17.3 Å². The Kier molecular flexibility index (Phi) is 9.55. The van der Waals surface area contributed by atoms with E-state index in [0.29, 0.717) is 0 Å². The van der Waals surface area contributed by atoms with Crippen LogP contribution in [0.1, 0.15) is 86.5 Å². The average Bonchev–Trinajstić information content (AvgIpc) is 3.19. The van der Waals surface area contributed by atoms with Gasteiger partial charge in [-0.2, -0.15) is 0 Å². The maximum Gasteiger partial charge on any atom is 0.210 e. The van der Waals surface area contributed by atoms with Crippen molar-refractivity contribution >= 4 is 11.3 Å². The molecule has 0 N–H and O–H groups in total. The summed E-state index contributed by atoms with van der Waals surface area (Å²) in [5.41, 5.74) is 5.19. The smallest absolute Gasteiger partial charge is 0.210 e. The fourth-order valence-electron chi connectivity index (χ4n) is 4.49. The molecule has 32 heavy (non-hydrogen) atoms. The minimum absolute atomic E-state index is 0.127. The Morgan fingerprint density at radius 2 is 1.56 bits per heavy atom. The largest absolute Gasteiger partial charge is 0.313 e. The number of aromatic nitrogens is 1. The van der Waals surface area contributed by atoms with Gasteiger partial charge in [-0.25, -0.2) is 0 Å². The standard InChI is InChI=1S/C29H40N2O/c1-4-7-13-26-23-27-14-9-10-22-31(27)28(26)29(32)25-17-15-24(16-18-25)12-11-21-30(19-6-3)20-8-5-2/h9-10,14-18,22-23H,4-8,11-13,19-21H2,1-3H3. The van der Waals surface area contributed by atoms with E-state index in [-0.39, 0.29) is 5.78 Å². The van der Waals surface area contributed by atoms with E-state index in [2.05, 4.69) is 54.3 Å². The van der Waals surface area contributed by atoms with Crippen molar-refractivity contribution in [2.75, 3.05) is 19.6 Å². The molecule has 1 aromatic carbocycles. The minimum atomic E-state index is 0.127. The molecule has 0 saturated carbocycles. The van der Waals surface area contributed by atoms with E-state index in [9.17, 15) is 4.79 Å². The number of pyridine rings is 1. The highest BCUT2D eigenvalue weighted by Gasteiger charge is 2.18. The van der Waals surface area contributed by atoms with Gasteiger partial charge in [0.15, 0.2) is 0 Å². The van der Waals surface area contributed by atoms with E-state index in [4.69, 9.17) is 0 Å². The van der Waals surface area contributed by atoms with Gasteiger partial charge in [-0.3, -0.25) is 4.79 Å². The van der Waals surface area contributed by atoms with Crippen LogP contribution in [0.15, 0.2) is 54.7 Å². The number of nitrogens with zero attached hydrogens (tertiary/aromatic N) is 2. The van der Waals surface area contributed by atoms with Crippen molar-refractivity contribution in [3.63, 3.8) is 0 Å². The molecule has 3 rings (SSSR count). The Bertz CT molecular complexity index is 970. The fourth-order valence-corrected chi connectivity index (χ4v) is 4.49. The third kappa shape index (κ3) is 6.32. The topological polar surface area (TPSA) is 24.7 Å². The van der Waals surface area contributed by atoms with E-state index in [1.165, 1.54) is 44.3 Å². The first-order valence-electron chi connectivity index (χ1n) is 12.6. The molecule has 3 aromatic rings. The van der Waals surface area contributed by atoms with E-state index in [1.807, 2.05) is 30.5 Å². The van der Waals surface area contributed by atoms with Crippen LogP contribution >= 0.6 is 0 Å². The average molecular weight is 433 g/mol. The molecule has 2 heterocycles. The molecule has 0 aliphatic rings. The molecule has 0 aliphatic heterocycles. The quantitative estimate of drug-likeness (QED) is 0.257. The van der Waals surface area contributed by atoms with Crippen LogP contribution in [-0.2, 0) is 12.8 Å². The summed E-state index contributed by atoms with van der Waals surface area (Å²) in [6.07, 6.45) is 11.2. The van der Waals surface area contributed by atoms with E-state index in [1.54, 1.807) is 0 Å². The molecule has 0 spiro atoms. The second kappa shape index (κ2) is 12.6. The van der Waals surface area contributed by atoms with Crippen LogP contribution < -0.4 is 0 Å². The van der Waals surface area contributed by atoms with E-state index < -0.39 is 0 Å². The van der Waals surface area contributed by atoms with E-state index in [0.717, 1.165) is 54.6 Å². The second-order valence-corrected chi connectivity index (χ2v) is 8.94. The number of unbranched alkanes of at least 4 members (excludes halogenated alkanes) is 2. The number of carbonyl (C=O) groups excluding carboxylic acids is 1. The number of rotatable bonds is 14. The Morgan fingerprint density at radius 1 is 0.812 bits per heavy atom. The number of fused-ring (bicyclic) bond motifs is 1. The summed E-state index contributed by atoms with van der Waals surface area (Å²) in [6, 6.07) is 16.6. The van der Waals surface area contributed by atoms with E-state index >= 15 is 0 Å². The monoisotopic (exact) mass is 432 g/mol. The molecule has 0 fully saturated rings. The molecule has 0 amide bonds. The first-order chi connectivity index (χ1) is 15.7. The molecule has 0 aliphatic carbocycles. The van der Waals surface area contributed by atoms with Crippen molar-refractivity contribution in [1.29, 1.82) is 0 Å². The Balaban J connectivity index is 1.68. The minimum Gasteiger partial charge on any atom is -0.313 e. The highest BCUT2D eigenvalue weighted by Crippen LogP contribution is 2.22. The van der Waals surface area contributed by atoms with Crippen molar-refractivity contribution in [3.8, 4) is 0 Å². The molecule has 3 nitrogen and oxygen atoms in total. The number of hydrogen-bond donors (Lipinski definition) is 0. The van der Waals surface area contributed by atoms with Gasteiger partial charge < -0.3 is 9.30 Å². The molecular formula is C29H40N2O. The van der Waals surface area contributed by atoms with Gasteiger partial charge in [0.25, 0.3) is 0 Å². The SMILES string of the molecule is CCCCc1cc2ccccn2c1C(=O)c1ccc(CCCN(CCC)CCCC)cc1. The van der Waals surface area contributed by atoms with Crippen LogP contribution in [0.2, 0.25) is 0 Å². The number of carbonyl (C=O) groups is 1. The zero-order valence-corrected chi connectivity index (χ0v) is 20.3. The van der Waals surface area contributed by atoms with Gasteiger partial charge in [-0.05, 0) is 87.5 Å². The van der Waals surface area contributed by atoms with Crippen LogP contribution in [0.3, 0.4) is 0 Å². The summed E-state index contributed by atoms with van der Waals surface area (Å²) in [5.74, 6) is 0.127. The van der Waals surface area contributed by atoms with Gasteiger partial charge in [0.2, 0.25) is 5.78 Å². The van der Waals surface area contributed by atoms with Crippen molar-refractivity contribution < 1.29 is 4.79 Å². The molecule has 3 heteroatoms. The second-order valence-electron chi connectivity index (χ2n) is 8.94. The number of ketones is 1. The summed E-state index contributed by atoms with van der Waals surface area (Å²) >= 11 is 0. The summed E-state index contributed by atoms with van der Waals surface area (Å²) in [6.45, 7) is 10.3.